The van der Waals surface area contributed by atoms with Gasteiger partial charge >= 0.3 is 0 Å². The molecule has 17 heavy (non-hydrogen) atoms. The highest BCUT2D eigenvalue weighted by Gasteiger charge is 2.15. The van der Waals surface area contributed by atoms with Gasteiger partial charge in [0, 0.05) is 6.04 Å². The minimum absolute atomic E-state index is 0.205. The molecule has 0 aliphatic heterocycles. The molecule has 0 aliphatic rings. The maximum atomic E-state index is 13.3. The van der Waals surface area contributed by atoms with E-state index >= 15 is 0 Å². The minimum Gasteiger partial charge on any atom is -0.496 e. The average molecular weight is 239 g/mol. The fourth-order valence-corrected chi connectivity index (χ4v) is 2.18. The van der Waals surface area contributed by atoms with Crippen molar-refractivity contribution in [2.75, 3.05) is 13.7 Å². The fraction of sp³-hybridized carbons (Fsp3) is 0.571. The lowest BCUT2D eigenvalue weighted by molar-refractivity contribution is 0.399. The van der Waals surface area contributed by atoms with E-state index in [1.165, 1.54) is 6.07 Å². The second kappa shape index (κ2) is 6.60. The molecule has 0 aromatic heterocycles. The lowest BCUT2D eigenvalue weighted by Gasteiger charge is -2.20. The van der Waals surface area contributed by atoms with E-state index < -0.39 is 0 Å². The zero-order valence-electron chi connectivity index (χ0n) is 11.1. The van der Waals surface area contributed by atoms with E-state index in [-0.39, 0.29) is 11.7 Å². The van der Waals surface area contributed by atoms with Crippen LogP contribution in [-0.4, -0.2) is 19.7 Å². The zero-order chi connectivity index (χ0) is 12.8. The third-order valence-electron chi connectivity index (χ3n) is 2.98. The number of methoxy groups -OCH3 is 1. The van der Waals surface area contributed by atoms with E-state index in [9.17, 15) is 4.39 Å². The lowest BCUT2D eigenvalue weighted by Crippen LogP contribution is -2.27. The molecule has 96 valence electrons. The van der Waals surface area contributed by atoms with Gasteiger partial charge in [0.1, 0.15) is 11.6 Å². The summed E-state index contributed by atoms with van der Waals surface area (Å²) in [6, 6.07) is 5.12. The molecule has 1 aromatic rings. The number of hydrogen-bond donors (Lipinski definition) is 1. The Kier molecular flexibility index (Phi) is 5.42. The number of hydrogen-bond acceptors (Lipinski definition) is 2. The van der Waals surface area contributed by atoms with Crippen molar-refractivity contribution >= 4 is 0 Å². The first-order chi connectivity index (χ1) is 8.08. The summed E-state index contributed by atoms with van der Waals surface area (Å²) in [4.78, 5) is 0. The summed E-state index contributed by atoms with van der Waals surface area (Å²) in [6.07, 6.45) is 0.966. The van der Waals surface area contributed by atoms with Gasteiger partial charge in [0.15, 0.2) is 0 Å². The molecule has 1 N–H and O–H groups in total. The van der Waals surface area contributed by atoms with Crippen LogP contribution in [0, 0.1) is 5.82 Å². The van der Waals surface area contributed by atoms with Crippen LogP contribution >= 0.6 is 0 Å². The SMILES string of the molecule is CCNC(C)CC(C)c1cc(F)ccc1OC. The van der Waals surface area contributed by atoms with Crippen LogP contribution in [0.25, 0.3) is 0 Å². The Bertz CT molecular complexity index is 354. The third-order valence-corrected chi connectivity index (χ3v) is 2.98. The van der Waals surface area contributed by atoms with Gasteiger partial charge in [-0.05, 0) is 49.6 Å². The second-order valence-electron chi connectivity index (χ2n) is 4.48. The number of rotatable bonds is 6. The highest BCUT2D eigenvalue weighted by Crippen LogP contribution is 2.30. The lowest BCUT2D eigenvalue weighted by atomic mass is 9.93. The van der Waals surface area contributed by atoms with Gasteiger partial charge in [-0.25, -0.2) is 4.39 Å². The second-order valence-corrected chi connectivity index (χ2v) is 4.48. The maximum absolute atomic E-state index is 13.3. The molecule has 1 rings (SSSR count). The van der Waals surface area contributed by atoms with Gasteiger partial charge in [0.2, 0.25) is 0 Å². The number of nitrogens with one attached hydrogen (secondary N) is 1. The molecule has 0 saturated heterocycles. The van der Waals surface area contributed by atoms with Crippen LogP contribution in [0.5, 0.6) is 5.75 Å². The molecular weight excluding hydrogens is 217 g/mol. The van der Waals surface area contributed by atoms with Gasteiger partial charge in [0.25, 0.3) is 0 Å². The predicted molar refractivity (Wildman–Crippen MR) is 69.1 cm³/mol. The summed E-state index contributed by atoms with van der Waals surface area (Å²) in [5.41, 5.74) is 0.942. The topological polar surface area (TPSA) is 21.3 Å². The van der Waals surface area contributed by atoms with E-state index in [0.29, 0.717) is 6.04 Å². The minimum atomic E-state index is -0.205. The van der Waals surface area contributed by atoms with Crippen LogP contribution < -0.4 is 10.1 Å². The van der Waals surface area contributed by atoms with Crippen molar-refractivity contribution in [3.63, 3.8) is 0 Å². The molecule has 0 amide bonds. The highest BCUT2D eigenvalue weighted by atomic mass is 19.1. The largest absolute Gasteiger partial charge is 0.496 e. The van der Waals surface area contributed by atoms with Crippen molar-refractivity contribution in [3.8, 4) is 5.75 Å². The molecule has 0 saturated carbocycles. The van der Waals surface area contributed by atoms with Gasteiger partial charge in [0.05, 0.1) is 7.11 Å². The van der Waals surface area contributed by atoms with Gasteiger partial charge < -0.3 is 10.1 Å². The third kappa shape index (κ3) is 4.00. The Labute approximate surface area is 103 Å². The number of benzene rings is 1. The first kappa shape index (κ1) is 14.0. The Morgan fingerprint density at radius 3 is 2.65 bits per heavy atom. The molecular formula is C14H22FNO. The van der Waals surface area contributed by atoms with Crippen LogP contribution in [0.1, 0.15) is 38.7 Å². The Morgan fingerprint density at radius 1 is 1.35 bits per heavy atom. The molecule has 1 aromatic carbocycles. The fourth-order valence-electron chi connectivity index (χ4n) is 2.18. The predicted octanol–water partition coefficient (Wildman–Crippen LogP) is 3.33. The first-order valence-corrected chi connectivity index (χ1v) is 6.15. The quantitative estimate of drug-likeness (QED) is 0.822. The maximum Gasteiger partial charge on any atom is 0.123 e. The van der Waals surface area contributed by atoms with E-state index in [1.807, 2.05) is 0 Å². The summed E-state index contributed by atoms with van der Waals surface area (Å²) in [5.74, 6) is 0.834. The van der Waals surface area contributed by atoms with Crippen molar-refractivity contribution in [1.82, 2.24) is 5.32 Å². The van der Waals surface area contributed by atoms with Crippen molar-refractivity contribution < 1.29 is 9.13 Å². The molecule has 0 heterocycles. The Balaban J connectivity index is 2.79. The molecule has 0 spiro atoms. The summed E-state index contributed by atoms with van der Waals surface area (Å²) in [5, 5.41) is 3.36. The summed E-state index contributed by atoms with van der Waals surface area (Å²) in [7, 11) is 1.62. The molecule has 2 atom stereocenters. The molecule has 0 radical (unpaired) electrons. The summed E-state index contributed by atoms with van der Waals surface area (Å²) >= 11 is 0. The molecule has 2 nitrogen and oxygen atoms in total. The molecule has 0 fully saturated rings. The van der Waals surface area contributed by atoms with Crippen molar-refractivity contribution in [2.45, 2.75) is 39.2 Å². The zero-order valence-corrected chi connectivity index (χ0v) is 11.1. The van der Waals surface area contributed by atoms with E-state index in [0.717, 1.165) is 24.3 Å². The number of ether oxygens (including phenoxy) is 1. The van der Waals surface area contributed by atoms with E-state index in [1.54, 1.807) is 19.2 Å². The average Bonchev–Trinajstić information content (AvgIpc) is 2.29. The van der Waals surface area contributed by atoms with Crippen LogP contribution in [0.2, 0.25) is 0 Å². The molecule has 3 heteroatoms. The summed E-state index contributed by atoms with van der Waals surface area (Å²) in [6.45, 7) is 7.29. The summed E-state index contributed by atoms with van der Waals surface area (Å²) < 4.78 is 18.5. The van der Waals surface area contributed by atoms with Gasteiger partial charge in [-0.15, -0.1) is 0 Å². The van der Waals surface area contributed by atoms with Crippen LogP contribution in [0.4, 0.5) is 4.39 Å². The van der Waals surface area contributed by atoms with Gasteiger partial charge in [-0.3, -0.25) is 0 Å². The van der Waals surface area contributed by atoms with Crippen LogP contribution in [0.15, 0.2) is 18.2 Å². The van der Waals surface area contributed by atoms with Crippen molar-refractivity contribution in [2.24, 2.45) is 0 Å². The Hall–Kier alpha value is -1.09. The van der Waals surface area contributed by atoms with Crippen LogP contribution in [-0.2, 0) is 0 Å². The molecule has 0 bridgehead atoms. The normalized spacial score (nSPS) is 14.4. The van der Waals surface area contributed by atoms with E-state index in [2.05, 4.69) is 26.1 Å². The standard InChI is InChI=1S/C14H22FNO/c1-5-16-11(3)8-10(2)13-9-12(15)6-7-14(13)17-4/h6-7,9-11,16H,5,8H2,1-4H3. The smallest absolute Gasteiger partial charge is 0.123 e. The molecule has 0 aliphatic carbocycles. The first-order valence-electron chi connectivity index (χ1n) is 6.15. The van der Waals surface area contributed by atoms with Gasteiger partial charge in [-0.1, -0.05) is 13.8 Å². The highest BCUT2D eigenvalue weighted by molar-refractivity contribution is 5.36. The molecule has 2 unspecified atom stereocenters. The van der Waals surface area contributed by atoms with Crippen LogP contribution in [0.3, 0.4) is 0 Å². The van der Waals surface area contributed by atoms with E-state index in [4.69, 9.17) is 4.74 Å². The monoisotopic (exact) mass is 239 g/mol. The Morgan fingerprint density at radius 2 is 2.06 bits per heavy atom. The van der Waals surface area contributed by atoms with Crippen molar-refractivity contribution in [1.29, 1.82) is 0 Å². The number of halogens is 1. The van der Waals surface area contributed by atoms with Crippen molar-refractivity contribution in [3.05, 3.63) is 29.6 Å². The van der Waals surface area contributed by atoms with Gasteiger partial charge in [-0.2, -0.15) is 0 Å².